The Hall–Kier alpha value is -1.97. The number of amides is 1. The summed E-state index contributed by atoms with van der Waals surface area (Å²) in [4.78, 5) is 21.3. The molecule has 4 nitrogen and oxygen atoms in total. The summed E-state index contributed by atoms with van der Waals surface area (Å²) in [6.07, 6.45) is -1.25. The van der Waals surface area contributed by atoms with E-state index in [2.05, 4.69) is 15.3 Å². The van der Waals surface area contributed by atoms with E-state index in [1.807, 2.05) is 0 Å². The summed E-state index contributed by atoms with van der Waals surface area (Å²) in [5.74, 6) is -0.325. The lowest BCUT2D eigenvalue weighted by molar-refractivity contribution is -0.137. The molecule has 26 heavy (non-hydrogen) atoms. The molecule has 2 aromatic heterocycles. The van der Waals surface area contributed by atoms with Crippen LogP contribution in [0.1, 0.15) is 30.7 Å². The zero-order valence-electron chi connectivity index (χ0n) is 13.2. The van der Waals surface area contributed by atoms with Gasteiger partial charge in [0.05, 0.1) is 16.8 Å². The van der Waals surface area contributed by atoms with Gasteiger partial charge in [0.2, 0.25) is 0 Å². The van der Waals surface area contributed by atoms with Crippen molar-refractivity contribution < 1.29 is 18.0 Å². The Labute approximate surface area is 159 Å². The number of benzene rings is 1. The van der Waals surface area contributed by atoms with Crippen molar-refractivity contribution in [2.24, 2.45) is 0 Å². The van der Waals surface area contributed by atoms with Crippen LogP contribution in [0.3, 0.4) is 0 Å². The minimum Gasteiger partial charge on any atom is -0.297 e. The summed E-state index contributed by atoms with van der Waals surface area (Å²) < 4.78 is 38.5. The highest BCUT2D eigenvalue weighted by atomic mass is 35.5. The van der Waals surface area contributed by atoms with Crippen LogP contribution in [0.15, 0.2) is 30.6 Å². The number of hydrogen-bond acceptors (Lipinski definition) is 5. The second-order valence-corrected chi connectivity index (χ2v) is 8.07. The maximum absolute atomic E-state index is 12.8. The molecule has 0 spiro atoms. The van der Waals surface area contributed by atoms with Gasteiger partial charge >= 0.3 is 6.18 Å². The van der Waals surface area contributed by atoms with Crippen molar-refractivity contribution in [2.45, 2.75) is 19.5 Å². The van der Waals surface area contributed by atoms with Crippen molar-refractivity contribution in [1.29, 1.82) is 0 Å². The van der Waals surface area contributed by atoms with Crippen molar-refractivity contribution in [2.75, 3.05) is 5.32 Å². The van der Waals surface area contributed by atoms with Crippen LogP contribution in [0, 0.1) is 6.92 Å². The van der Waals surface area contributed by atoms with Gasteiger partial charge in [0.25, 0.3) is 5.91 Å². The van der Waals surface area contributed by atoms with Gasteiger partial charge in [0.15, 0.2) is 5.13 Å². The number of hydrogen-bond donors (Lipinski definition) is 1. The maximum Gasteiger partial charge on any atom is 0.416 e. The molecule has 0 aliphatic heterocycles. The van der Waals surface area contributed by atoms with E-state index >= 15 is 0 Å². The minimum absolute atomic E-state index is 0.190. The van der Waals surface area contributed by atoms with Crippen LogP contribution in [0.4, 0.5) is 18.3 Å². The zero-order chi connectivity index (χ0) is 18.9. The van der Waals surface area contributed by atoms with Gasteiger partial charge in [-0.3, -0.25) is 10.1 Å². The van der Waals surface area contributed by atoms with Gasteiger partial charge in [-0.15, -0.1) is 22.7 Å². The van der Waals surface area contributed by atoms with Crippen molar-refractivity contribution >= 4 is 45.3 Å². The second-order valence-electron chi connectivity index (χ2n) is 5.31. The molecule has 0 aliphatic rings. The summed E-state index contributed by atoms with van der Waals surface area (Å²) in [6.45, 7) is 1.79. The van der Waals surface area contributed by atoms with E-state index in [1.54, 1.807) is 6.92 Å². The van der Waals surface area contributed by atoms with Gasteiger partial charge in [-0.25, -0.2) is 9.97 Å². The van der Waals surface area contributed by atoms with Crippen molar-refractivity contribution in [3.63, 3.8) is 0 Å². The number of carbonyl (C=O) groups excluding carboxylic acids is 1. The normalized spacial score (nSPS) is 11.6. The molecule has 0 unspecified atom stereocenters. The second kappa shape index (κ2) is 7.34. The first kappa shape index (κ1) is 18.8. The van der Waals surface area contributed by atoms with E-state index in [9.17, 15) is 18.0 Å². The van der Waals surface area contributed by atoms with Crippen molar-refractivity contribution in [3.05, 3.63) is 61.5 Å². The standard InChI is InChI=1S/C16H11ClF3N3OS2/c1-8-21-7-13(25-8)14(24)23-15-22-6-11(26-15)5-9-4-10(16(18,19)20)2-3-12(9)17/h2-4,6-7H,5H2,1H3,(H,22,23,24). The van der Waals surface area contributed by atoms with Crippen LogP contribution in [0.2, 0.25) is 5.02 Å². The highest BCUT2D eigenvalue weighted by Gasteiger charge is 2.30. The summed E-state index contributed by atoms with van der Waals surface area (Å²) in [5.41, 5.74) is -0.406. The van der Waals surface area contributed by atoms with Gasteiger partial charge in [-0.1, -0.05) is 11.6 Å². The number of rotatable bonds is 4. The minimum atomic E-state index is -4.43. The Morgan fingerprint density at radius 3 is 2.65 bits per heavy atom. The van der Waals surface area contributed by atoms with Crippen LogP contribution in [-0.4, -0.2) is 15.9 Å². The van der Waals surface area contributed by atoms with Gasteiger partial charge < -0.3 is 0 Å². The molecular weight excluding hydrogens is 407 g/mol. The molecule has 0 saturated carbocycles. The van der Waals surface area contributed by atoms with E-state index in [4.69, 9.17) is 11.6 Å². The lowest BCUT2D eigenvalue weighted by Gasteiger charge is -2.09. The third-order valence-electron chi connectivity index (χ3n) is 3.36. The number of carbonyl (C=O) groups is 1. The highest BCUT2D eigenvalue weighted by molar-refractivity contribution is 7.16. The molecule has 0 aliphatic carbocycles. The van der Waals surface area contributed by atoms with Gasteiger partial charge in [-0.05, 0) is 30.7 Å². The molecule has 1 N–H and O–H groups in total. The Bertz CT molecular complexity index is 952. The SMILES string of the molecule is Cc1ncc(C(=O)Nc2ncc(Cc3cc(C(F)(F)F)ccc3Cl)s2)s1. The molecule has 2 heterocycles. The van der Waals surface area contributed by atoms with E-state index in [-0.39, 0.29) is 17.4 Å². The molecule has 0 atom stereocenters. The Kier molecular flexibility index (Phi) is 5.31. The lowest BCUT2D eigenvalue weighted by atomic mass is 10.1. The molecular formula is C16H11ClF3N3OS2. The van der Waals surface area contributed by atoms with Crippen molar-refractivity contribution in [1.82, 2.24) is 9.97 Å². The summed E-state index contributed by atoms with van der Waals surface area (Å²) in [6, 6.07) is 3.21. The molecule has 10 heteroatoms. The first-order valence-corrected chi connectivity index (χ1v) is 9.27. The highest BCUT2D eigenvalue weighted by Crippen LogP contribution is 2.33. The quantitative estimate of drug-likeness (QED) is 0.616. The Balaban J connectivity index is 1.73. The van der Waals surface area contributed by atoms with Crippen molar-refractivity contribution in [3.8, 4) is 0 Å². The first-order valence-electron chi connectivity index (χ1n) is 7.26. The van der Waals surface area contributed by atoms with Gasteiger partial charge in [0.1, 0.15) is 4.88 Å². The Morgan fingerprint density at radius 1 is 1.23 bits per heavy atom. The Morgan fingerprint density at radius 2 is 2.00 bits per heavy atom. The number of nitrogens with zero attached hydrogens (tertiary/aromatic N) is 2. The van der Waals surface area contributed by atoms with Crippen LogP contribution in [0.25, 0.3) is 0 Å². The molecule has 0 fully saturated rings. The zero-order valence-corrected chi connectivity index (χ0v) is 15.6. The van der Waals surface area contributed by atoms with Crippen LogP contribution in [-0.2, 0) is 12.6 Å². The molecule has 3 aromatic rings. The number of aryl methyl sites for hydroxylation is 1. The molecule has 0 saturated heterocycles. The molecule has 0 radical (unpaired) electrons. The van der Waals surface area contributed by atoms with Gasteiger partial charge in [0, 0.05) is 22.5 Å². The van der Waals surface area contributed by atoms with E-state index in [0.29, 0.717) is 20.4 Å². The number of aromatic nitrogens is 2. The lowest BCUT2D eigenvalue weighted by Crippen LogP contribution is -2.09. The first-order chi connectivity index (χ1) is 12.2. The van der Waals surface area contributed by atoms with E-state index in [1.165, 1.54) is 41.1 Å². The molecule has 136 valence electrons. The fraction of sp³-hybridized carbons (Fsp3) is 0.188. The molecule has 1 amide bonds. The average molecular weight is 418 g/mol. The average Bonchev–Trinajstić information content (AvgIpc) is 3.17. The van der Waals surface area contributed by atoms with Gasteiger partial charge in [-0.2, -0.15) is 13.2 Å². The fourth-order valence-electron chi connectivity index (χ4n) is 2.15. The van der Waals surface area contributed by atoms with Crippen LogP contribution in [0.5, 0.6) is 0 Å². The summed E-state index contributed by atoms with van der Waals surface area (Å²) >= 11 is 8.45. The van der Waals surface area contributed by atoms with E-state index in [0.717, 1.165) is 17.1 Å². The number of nitrogens with one attached hydrogen (secondary N) is 1. The number of anilines is 1. The monoisotopic (exact) mass is 417 g/mol. The summed E-state index contributed by atoms with van der Waals surface area (Å²) in [5, 5.41) is 4.03. The third-order valence-corrected chi connectivity index (χ3v) is 5.55. The summed E-state index contributed by atoms with van der Waals surface area (Å²) in [7, 11) is 0. The number of halogens is 4. The molecule has 1 aromatic carbocycles. The predicted octanol–water partition coefficient (Wildman–Crippen LogP) is 5.42. The van der Waals surface area contributed by atoms with Crippen LogP contribution >= 0.6 is 34.3 Å². The smallest absolute Gasteiger partial charge is 0.297 e. The number of alkyl halides is 3. The molecule has 3 rings (SSSR count). The maximum atomic E-state index is 12.8. The topological polar surface area (TPSA) is 54.9 Å². The predicted molar refractivity (Wildman–Crippen MR) is 96.2 cm³/mol. The fourth-order valence-corrected chi connectivity index (χ4v) is 3.83. The number of thiazole rings is 2. The third kappa shape index (κ3) is 4.40. The molecule has 0 bridgehead atoms. The van der Waals surface area contributed by atoms with E-state index < -0.39 is 11.7 Å². The van der Waals surface area contributed by atoms with Crippen LogP contribution < -0.4 is 5.32 Å². The largest absolute Gasteiger partial charge is 0.416 e.